The van der Waals surface area contributed by atoms with Crippen LogP contribution in [0.15, 0.2) is 95.5 Å². The molecule has 0 radical (unpaired) electrons. The number of nitrogens with zero attached hydrogens (tertiary/aromatic N) is 7. The summed E-state index contributed by atoms with van der Waals surface area (Å²) in [6.45, 7) is 14.1. The van der Waals surface area contributed by atoms with Crippen LogP contribution in [0.5, 0.6) is 0 Å². The largest absolute Gasteiger partial charge is 0.445 e. The topological polar surface area (TPSA) is 419 Å². The van der Waals surface area contributed by atoms with E-state index in [1.807, 2.05) is 66.9 Å². The molecule has 0 spiro atoms. The number of aliphatic imine (C=N–C) groups is 1. The number of urea groups is 1. The highest BCUT2D eigenvalue weighted by molar-refractivity contribution is 7.15. The maximum absolute atomic E-state index is 14.8. The number of unbranched alkanes of at least 4 members (excludes halogenated alkanes) is 2. The lowest BCUT2D eigenvalue weighted by Crippen LogP contribution is -2.58. The SMILES string of the molecule is Cc1ncsc1-c1ccc(CNC(=O)[C@@H]2C[C@@H](OCNC(=O)OCc3ccc(NC(=O)[C@H](CCCNC(N)=O)NC(=O)C4(C(=O)NCCCCCN5C(=O)C=CC5=O)CCC4)cc3)CN2C(=O)[C@@H](NC(=O)COCCOCCOCCNC(=O)C[C@@H]2N=C(c3ccc(Cl)cc3)c3c(sc(C)c3C)-n3c(C)nnc32)C(C)(C)C)cc1. The molecule has 10 rings (SSSR count). The van der Waals surface area contributed by atoms with Gasteiger partial charge in [-0.3, -0.25) is 62.9 Å². The van der Waals surface area contributed by atoms with E-state index in [4.69, 9.17) is 46.0 Å². The number of fused-ring (bicyclic) bond motifs is 3. The minimum atomic E-state index is -1.40. The number of primary amides is 1. The van der Waals surface area contributed by atoms with Gasteiger partial charge in [-0.25, -0.2) is 14.6 Å². The number of thiazole rings is 1. The fraction of sp³-hybridized carbons (Fsp3) is 0.481. The van der Waals surface area contributed by atoms with Gasteiger partial charge in [0.05, 0.1) is 67.4 Å². The number of amides is 12. The van der Waals surface area contributed by atoms with E-state index in [-0.39, 0.29) is 142 Å². The molecule has 3 aromatic carbocycles. The predicted octanol–water partition coefficient (Wildman–Crippen LogP) is 6.76. The van der Waals surface area contributed by atoms with Gasteiger partial charge in [-0.2, -0.15) is 0 Å². The van der Waals surface area contributed by atoms with E-state index in [1.54, 1.807) is 61.9 Å². The summed E-state index contributed by atoms with van der Waals surface area (Å²) in [4.78, 5) is 160. The van der Waals surface area contributed by atoms with Crippen LogP contribution in [-0.4, -0.2) is 204 Å². The van der Waals surface area contributed by atoms with Gasteiger partial charge in [0.1, 0.15) is 60.4 Å². The van der Waals surface area contributed by atoms with Crippen LogP contribution < -0.4 is 48.3 Å². The van der Waals surface area contributed by atoms with Crippen molar-refractivity contribution in [1.82, 2.24) is 66.8 Å². The lowest BCUT2D eigenvalue weighted by atomic mass is 9.67. The minimum Gasteiger partial charge on any atom is -0.445 e. The molecule has 0 unspecified atom stereocenters. The van der Waals surface area contributed by atoms with Crippen LogP contribution >= 0.6 is 34.3 Å². The summed E-state index contributed by atoms with van der Waals surface area (Å²) in [5.74, 6) is -2.96. The van der Waals surface area contributed by atoms with E-state index in [0.29, 0.717) is 53.6 Å². The molecule has 610 valence electrons. The molecule has 1 saturated carbocycles. The number of nitrogens with one attached hydrogen (secondary N) is 8. The first-order chi connectivity index (χ1) is 54.7. The summed E-state index contributed by atoms with van der Waals surface area (Å²) in [6.07, 6.45) is 4.10. The summed E-state index contributed by atoms with van der Waals surface area (Å²) in [5, 5.41) is 32.6. The molecule has 1 aliphatic carbocycles. The second kappa shape index (κ2) is 40.6. The van der Waals surface area contributed by atoms with Gasteiger partial charge in [-0.05, 0) is 125 Å². The molecule has 4 aliphatic rings. The summed E-state index contributed by atoms with van der Waals surface area (Å²) in [5.41, 5.74) is 12.0. The van der Waals surface area contributed by atoms with Crippen molar-refractivity contribution in [3.63, 3.8) is 0 Å². The molecule has 10 N–H and O–H groups in total. The fourth-order valence-electron chi connectivity index (χ4n) is 13.4. The van der Waals surface area contributed by atoms with E-state index in [9.17, 15) is 52.7 Å². The number of thiophene rings is 1. The Morgan fingerprint density at radius 2 is 1.41 bits per heavy atom. The highest BCUT2D eigenvalue weighted by atomic mass is 35.5. The Kier molecular flexibility index (Phi) is 30.6. The molecular formula is C79H99ClN16O16S2. The third-order valence-corrected chi connectivity index (χ3v) is 22.4. The Morgan fingerprint density at radius 3 is 2.09 bits per heavy atom. The van der Waals surface area contributed by atoms with E-state index >= 15 is 0 Å². The van der Waals surface area contributed by atoms with Gasteiger partial charge in [-0.15, -0.1) is 32.9 Å². The van der Waals surface area contributed by atoms with Crippen molar-refractivity contribution in [2.24, 2.45) is 21.6 Å². The van der Waals surface area contributed by atoms with E-state index in [2.05, 4.69) is 71.6 Å². The number of hydrogen-bond donors (Lipinski definition) is 9. The number of aryl methyl sites for hydroxylation is 3. The molecule has 32 nitrogen and oxygen atoms in total. The zero-order valence-corrected chi connectivity index (χ0v) is 67.3. The summed E-state index contributed by atoms with van der Waals surface area (Å²) >= 11 is 9.43. The van der Waals surface area contributed by atoms with Gasteiger partial charge in [0.2, 0.25) is 41.4 Å². The maximum atomic E-state index is 14.8. The van der Waals surface area contributed by atoms with Crippen LogP contribution in [0.1, 0.15) is 141 Å². The molecule has 3 aliphatic heterocycles. The minimum absolute atomic E-state index is 0.0206. The van der Waals surface area contributed by atoms with Crippen LogP contribution in [0.3, 0.4) is 0 Å². The average molecular weight is 1630 g/mol. The number of likely N-dealkylation sites (tertiary alicyclic amines) is 1. The Balaban J connectivity index is 0.657. The lowest BCUT2D eigenvalue weighted by Gasteiger charge is -2.39. The number of benzene rings is 3. The number of imide groups is 1. The Labute approximate surface area is 673 Å². The number of halogens is 1. The Hall–Kier alpha value is -10.4. The zero-order valence-electron chi connectivity index (χ0n) is 65.0. The molecule has 114 heavy (non-hydrogen) atoms. The first-order valence-corrected chi connectivity index (χ1v) is 40.1. The highest BCUT2D eigenvalue weighted by Crippen LogP contribution is 2.43. The van der Waals surface area contributed by atoms with Crippen LogP contribution in [-0.2, 0) is 80.0 Å². The van der Waals surface area contributed by atoms with Gasteiger partial charge in [0.25, 0.3) is 11.8 Å². The maximum Gasteiger partial charge on any atom is 0.409 e. The van der Waals surface area contributed by atoms with E-state index < -0.39 is 95.3 Å². The summed E-state index contributed by atoms with van der Waals surface area (Å²) < 4.78 is 30.7. The van der Waals surface area contributed by atoms with Crippen LogP contribution in [0, 0.1) is 38.5 Å². The van der Waals surface area contributed by atoms with E-state index in [1.165, 1.54) is 28.4 Å². The number of ether oxygens (including phenoxy) is 5. The van der Waals surface area contributed by atoms with Crippen molar-refractivity contribution >= 4 is 111 Å². The molecule has 35 heteroatoms. The van der Waals surface area contributed by atoms with Crippen LogP contribution in [0.25, 0.3) is 15.4 Å². The molecular weight excluding hydrogens is 1530 g/mol. The molecule has 1 saturated heterocycles. The number of carbonyl (C=O) groups excluding carboxylic acids is 11. The second-order valence-corrected chi connectivity index (χ2v) is 31.8. The van der Waals surface area contributed by atoms with Crippen molar-refractivity contribution in [3.8, 4) is 15.4 Å². The van der Waals surface area contributed by atoms with Crippen molar-refractivity contribution in [2.75, 3.05) is 84.4 Å². The van der Waals surface area contributed by atoms with Crippen molar-refractivity contribution in [2.45, 2.75) is 156 Å². The average Bonchev–Trinajstić information content (AvgIpc) is 1.59. The third kappa shape index (κ3) is 23.0. The predicted molar refractivity (Wildman–Crippen MR) is 425 cm³/mol. The molecule has 0 bridgehead atoms. The van der Waals surface area contributed by atoms with Crippen LogP contribution in [0.4, 0.5) is 15.3 Å². The zero-order chi connectivity index (χ0) is 81.6. The van der Waals surface area contributed by atoms with Gasteiger partial charge in [-0.1, -0.05) is 87.3 Å². The van der Waals surface area contributed by atoms with Crippen molar-refractivity contribution in [1.29, 1.82) is 0 Å². The first kappa shape index (κ1) is 86.1. The smallest absolute Gasteiger partial charge is 0.409 e. The number of nitrogens with two attached hydrogens (primary N) is 1. The van der Waals surface area contributed by atoms with Gasteiger partial charge in [0.15, 0.2) is 5.82 Å². The molecule has 3 aromatic heterocycles. The number of carbonyl (C=O) groups is 11. The van der Waals surface area contributed by atoms with Crippen molar-refractivity contribution < 1.29 is 76.4 Å². The van der Waals surface area contributed by atoms with Gasteiger partial charge >= 0.3 is 12.1 Å². The molecule has 6 aromatic rings. The number of anilines is 1. The summed E-state index contributed by atoms with van der Waals surface area (Å²) in [7, 11) is 0. The standard InChI is InChI=1S/C79H99ClN16O16S2/c1-47-49(3)114-73-65(47)66(53-20-22-55(80)23-21-53)89-59(69-93-92-50(4)96(69)73)40-61(97)82-32-34-108-35-36-109-37-38-110-44-62(98)91-68(78(5,6)7)72(103)95-42-57(39-60(95)71(102)85-41-51-14-18-54(19-15-51)67-48(2)87-46-113-67)112-45-86-77(107)111-43-52-16-24-56(25-17-52)88-70(101)58(13-11-31-84-76(81)106)90-75(105)79(28-12-29-79)74(104)83-30-9-8-10-33-94-63(99)26-27-64(94)100/h14-27,46,57-60,68H,8-13,28-45H2,1-7H3,(H,82,97)(H,83,104)(H,85,102)(H,86,107)(H,88,101)(H,90,105)(H,91,98)(H3,81,84,106)/t57-,58+,59+,60+,68-/m1/s1. The molecule has 2 fully saturated rings. The van der Waals surface area contributed by atoms with Gasteiger partial charge in [0, 0.05) is 84.6 Å². The lowest BCUT2D eigenvalue weighted by molar-refractivity contribution is -0.151. The first-order valence-electron chi connectivity index (χ1n) is 38.0. The molecule has 6 heterocycles. The Morgan fingerprint density at radius 1 is 0.728 bits per heavy atom. The van der Waals surface area contributed by atoms with Crippen molar-refractivity contribution in [3.05, 3.63) is 146 Å². The number of rotatable bonds is 40. The van der Waals surface area contributed by atoms with Gasteiger partial charge < -0.3 is 71.5 Å². The van der Waals surface area contributed by atoms with E-state index in [0.717, 1.165) is 58.9 Å². The second-order valence-electron chi connectivity index (χ2n) is 29.3. The molecule has 12 amide bonds. The van der Waals surface area contributed by atoms with Crippen LogP contribution in [0.2, 0.25) is 5.02 Å². The Bertz CT molecular complexity index is 4480. The number of hydrogen-bond acceptors (Lipinski definition) is 22. The number of alkyl carbamates (subject to hydrolysis) is 1. The number of aromatic nitrogens is 4. The fourth-order valence-corrected chi connectivity index (χ4v) is 15.6. The monoisotopic (exact) mass is 1630 g/mol. The quantitative estimate of drug-likeness (QED) is 0.00830. The third-order valence-electron chi connectivity index (χ3n) is 20.0. The normalized spacial score (nSPS) is 16.6. The highest BCUT2D eigenvalue weighted by Gasteiger charge is 2.52. The summed E-state index contributed by atoms with van der Waals surface area (Å²) in [6, 6.07) is 16.9. The molecule has 5 atom stereocenters.